The average Bonchev–Trinajstić information content (AvgIpc) is 2.87. The van der Waals surface area contributed by atoms with E-state index in [9.17, 15) is 60.0 Å². The summed E-state index contributed by atoms with van der Waals surface area (Å²) in [4.78, 5) is -0.542. The first-order valence-electron chi connectivity index (χ1n) is 12.4. The summed E-state index contributed by atoms with van der Waals surface area (Å²) < 4.78 is 157. The molecular formula is C24H33ClF6N2O8S4. The van der Waals surface area contributed by atoms with E-state index in [-0.39, 0.29) is 4.13 Å². The molecule has 0 aliphatic heterocycles. The van der Waals surface area contributed by atoms with Crippen LogP contribution in [0.25, 0.3) is 0 Å². The molecule has 0 heterocycles. The van der Waals surface area contributed by atoms with Crippen LogP contribution in [-0.4, -0.2) is 44.7 Å². The van der Waals surface area contributed by atoms with Crippen LogP contribution < -0.4 is 8.25 Å². The molecule has 2 aromatic carbocycles. The van der Waals surface area contributed by atoms with Gasteiger partial charge in [0.2, 0.25) is 0 Å². The van der Waals surface area contributed by atoms with Crippen molar-refractivity contribution in [1.29, 1.82) is 0 Å². The standard InChI is InChI=1S/C12H16F3NO4S2.C11H16.CHClF3NO4S2/c1-4-11(2,3)9-6-5-7-10(8-9)21(17,18)16-22(19,20)12(13,14)15;1-4-11(2,3)10-8-6-5-7-9-10;2-12(9,10)6-11(7,8)1(3,4)5/h5-8,16H,4H2,1-3H3;5-9H,4H2,1-3H3;6H. The van der Waals surface area contributed by atoms with Crippen molar-refractivity contribution in [2.45, 2.75) is 81.1 Å². The summed E-state index contributed by atoms with van der Waals surface area (Å²) in [5.74, 6) is 0. The lowest BCUT2D eigenvalue weighted by Gasteiger charge is -2.23. The molecule has 0 unspecified atom stereocenters. The van der Waals surface area contributed by atoms with Crippen molar-refractivity contribution in [3.63, 3.8) is 0 Å². The van der Waals surface area contributed by atoms with Crippen molar-refractivity contribution < 1.29 is 60.0 Å². The molecule has 0 bridgehead atoms. The summed E-state index contributed by atoms with van der Waals surface area (Å²) >= 11 is 0. The number of sulfonamides is 3. The first kappa shape index (κ1) is 43.0. The Morgan fingerprint density at radius 2 is 0.978 bits per heavy atom. The summed E-state index contributed by atoms with van der Waals surface area (Å²) in [5.41, 5.74) is -9.48. The Balaban J connectivity index is 0.000000710. The quantitative estimate of drug-likeness (QED) is 0.241. The Bertz CT molecular complexity index is 1710. The van der Waals surface area contributed by atoms with Gasteiger partial charge >= 0.3 is 40.3 Å². The predicted molar refractivity (Wildman–Crippen MR) is 158 cm³/mol. The zero-order chi connectivity index (χ0) is 35.9. The van der Waals surface area contributed by atoms with Gasteiger partial charge in [-0.3, -0.25) is 0 Å². The van der Waals surface area contributed by atoms with Gasteiger partial charge in [0.05, 0.1) is 4.90 Å². The van der Waals surface area contributed by atoms with E-state index in [2.05, 4.69) is 61.8 Å². The number of hydrogen-bond donors (Lipinski definition) is 2. The van der Waals surface area contributed by atoms with E-state index < -0.39 is 60.6 Å². The molecule has 0 saturated heterocycles. The maximum Gasteiger partial charge on any atom is 0.512 e. The van der Waals surface area contributed by atoms with Gasteiger partial charge in [0.1, 0.15) is 0 Å². The zero-order valence-corrected chi connectivity index (χ0v) is 28.7. The first-order chi connectivity index (χ1) is 19.9. The highest BCUT2D eigenvalue weighted by molar-refractivity contribution is 8.19. The van der Waals surface area contributed by atoms with Gasteiger partial charge in [-0.15, -0.1) is 0 Å². The van der Waals surface area contributed by atoms with Crippen molar-refractivity contribution in [3.05, 3.63) is 65.7 Å². The fraction of sp³-hybridized carbons (Fsp3) is 0.500. The van der Waals surface area contributed by atoms with Crippen LogP contribution in [0, 0.1) is 0 Å². The molecule has 0 atom stereocenters. The molecule has 0 aliphatic rings. The van der Waals surface area contributed by atoms with E-state index in [1.807, 2.05) is 20.8 Å². The summed E-state index contributed by atoms with van der Waals surface area (Å²) in [5, 5.41) is 0. The lowest BCUT2D eigenvalue weighted by Crippen LogP contribution is -2.40. The normalized spacial score (nSPS) is 13.6. The second-order valence-electron chi connectivity index (χ2n) is 10.4. The van der Waals surface area contributed by atoms with Crippen molar-refractivity contribution >= 4 is 50.0 Å². The number of hydrogen-bond acceptors (Lipinski definition) is 8. The molecule has 0 saturated carbocycles. The van der Waals surface area contributed by atoms with Crippen LogP contribution >= 0.6 is 10.7 Å². The maximum absolute atomic E-state index is 12.3. The minimum Gasteiger partial charge on any atom is -0.206 e. The average molecular weight is 755 g/mol. The summed E-state index contributed by atoms with van der Waals surface area (Å²) in [6, 6.07) is 15.8. The Morgan fingerprint density at radius 1 is 0.600 bits per heavy atom. The van der Waals surface area contributed by atoms with Crippen molar-refractivity contribution in [3.8, 4) is 0 Å². The Morgan fingerprint density at radius 3 is 1.33 bits per heavy atom. The fourth-order valence-corrected chi connectivity index (χ4v) is 7.43. The largest absolute Gasteiger partial charge is 0.512 e. The van der Waals surface area contributed by atoms with E-state index in [4.69, 9.17) is 0 Å². The molecule has 2 aromatic rings. The topological polar surface area (TPSA) is 161 Å². The predicted octanol–water partition coefficient (Wildman–Crippen LogP) is 5.79. The number of rotatable bonds is 9. The number of nitrogens with one attached hydrogen (secondary N) is 2. The molecule has 0 fully saturated rings. The zero-order valence-electron chi connectivity index (χ0n) is 24.7. The molecule has 0 spiro atoms. The molecule has 0 radical (unpaired) electrons. The summed E-state index contributed by atoms with van der Waals surface area (Å²) in [6.07, 6.45) is 1.85. The smallest absolute Gasteiger partial charge is 0.206 e. The van der Waals surface area contributed by atoms with Gasteiger partial charge in [0.15, 0.2) is 0 Å². The third-order valence-corrected chi connectivity index (χ3v) is 12.4. The Hall–Kier alpha value is -1.97. The minimum atomic E-state index is -6.00. The summed E-state index contributed by atoms with van der Waals surface area (Å²) in [7, 11) is -17.5. The van der Waals surface area contributed by atoms with E-state index >= 15 is 0 Å². The Kier molecular flexibility index (Phi) is 14.6. The van der Waals surface area contributed by atoms with Crippen molar-refractivity contribution in [1.82, 2.24) is 8.25 Å². The fourth-order valence-electron chi connectivity index (χ4n) is 2.80. The molecule has 0 aromatic heterocycles. The van der Waals surface area contributed by atoms with E-state index in [0.717, 1.165) is 12.1 Å². The molecule has 45 heavy (non-hydrogen) atoms. The molecule has 21 heteroatoms. The van der Waals surface area contributed by atoms with Gasteiger partial charge in [-0.2, -0.15) is 34.8 Å². The highest BCUT2D eigenvalue weighted by Crippen LogP contribution is 2.29. The van der Waals surface area contributed by atoms with Gasteiger partial charge in [-0.05, 0) is 46.9 Å². The molecule has 2 N–H and O–H groups in total. The van der Waals surface area contributed by atoms with E-state index in [0.29, 0.717) is 21.5 Å². The van der Waals surface area contributed by atoms with Crippen LogP contribution in [0.4, 0.5) is 26.3 Å². The lowest BCUT2D eigenvalue weighted by atomic mass is 9.82. The second kappa shape index (κ2) is 15.3. The number of halogens is 7. The summed E-state index contributed by atoms with van der Waals surface area (Å²) in [6.45, 7) is 12.3. The van der Waals surface area contributed by atoms with Crippen LogP contribution in [0.1, 0.15) is 65.5 Å². The maximum atomic E-state index is 12.3. The third-order valence-electron chi connectivity index (χ3n) is 6.29. The molecule has 10 nitrogen and oxygen atoms in total. The first-order valence-corrected chi connectivity index (χ1v) is 19.2. The highest BCUT2D eigenvalue weighted by Gasteiger charge is 2.49. The molecule has 0 aliphatic carbocycles. The van der Waals surface area contributed by atoms with Crippen LogP contribution in [0.5, 0.6) is 0 Å². The lowest BCUT2D eigenvalue weighted by molar-refractivity contribution is -0.0446. The second-order valence-corrected chi connectivity index (χ2v) is 18.2. The van der Waals surface area contributed by atoms with Crippen LogP contribution in [0.2, 0.25) is 0 Å². The van der Waals surface area contributed by atoms with E-state index in [1.54, 1.807) is 6.07 Å². The molecule has 0 amide bonds. The van der Waals surface area contributed by atoms with E-state index in [1.165, 1.54) is 18.1 Å². The number of alkyl halides is 6. The molecule has 2 rings (SSSR count). The molecular weight excluding hydrogens is 722 g/mol. The molecule has 260 valence electrons. The Labute approximate surface area is 264 Å². The number of benzene rings is 2. The van der Waals surface area contributed by atoms with Gasteiger partial charge in [-0.1, -0.05) is 92.3 Å². The minimum absolute atomic E-state index is 0.220. The van der Waals surface area contributed by atoms with Crippen molar-refractivity contribution in [2.75, 3.05) is 0 Å². The van der Waals surface area contributed by atoms with Crippen LogP contribution in [-0.2, 0) is 50.1 Å². The van der Waals surface area contributed by atoms with Crippen molar-refractivity contribution in [2.24, 2.45) is 0 Å². The van der Waals surface area contributed by atoms with Gasteiger partial charge in [0.25, 0.3) is 10.0 Å². The third kappa shape index (κ3) is 13.7. The monoisotopic (exact) mass is 754 g/mol. The van der Waals surface area contributed by atoms with Crippen LogP contribution in [0.3, 0.4) is 0 Å². The SMILES string of the molecule is CCC(C)(C)c1cccc(S(=O)(=O)NS(=O)(=O)C(F)(F)F)c1.CCC(C)(C)c1ccccc1.O=S(=O)(Cl)NS(=O)(=O)C(F)(F)F. The highest BCUT2D eigenvalue weighted by atomic mass is 35.7. The van der Waals surface area contributed by atoms with Gasteiger partial charge in [0, 0.05) is 10.7 Å². The van der Waals surface area contributed by atoms with Crippen LogP contribution in [0.15, 0.2) is 59.5 Å². The van der Waals surface area contributed by atoms with Gasteiger partial charge in [-0.25, -0.2) is 25.3 Å². The van der Waals surface area contributed by atoms with Gasteiger partial charge < -0.3 is 0 Å².